The van der Waals surface area contributed by atoms with Gasteiger partial charge in [-0.05, 0) is 25.8 Å². The number of carboxylic acids is 1. The van der Waals surface area contributed by atoms with Crippen LogP contribution in [0.15, 0.2) is 27.5 Å². The Morgan fingerprint density at radius 3 is 2.87 bits per heavy atom. The molecule has 0 saturated heterocycles. The fourth-order valence-electron chi connectivity index (χ4n) is 2.42. The third-order valence-corrected chi connectivity index (χ3v) is 3.80. The molecule has 8 heteroatoms. The first-order valence-electron chi connectivity index (χ1n) is 7.45. The minimum atomic E-state index is -0.995. The molecule has 1 N–H and O–H groups in total. The van der Waals surface area contributed by atoms with E-state index in [1.807, 2.05) is 0 Å². The summed E-state index contributed by atoms with van der Waals surface area (Å²) < 4.78 is 10.1. The molecule has 23 heavy (non-hydrogen) atoms. The molecule has 2 aromatic heterocycles. The van der Waals surface area contributed by atoms with Gasteiger partial charge in [-0.3, -0.25) is 4.79 Å². The number of aromatic nitrogens is 2. The maximum Gasteiger partial charge on any atom is 0.326 e. The number of carboxylic acid groups (broad SMARTS) is 1. The van der Waals surface area contributed by atoms with Crippen molar-refractivity contribution >= 4 is 11.9 Å². The van der Waals surface area contributed by atoms with Gasteiger partial charge >= 0.3 is 5.97 Å². The van der Waals surface area contributed by atoms with E-state index in [0.717, 1.165) is 12.8 Å². The van der Waals surface area contributed by atoms with Gasteiger partial charge in [0.25, 0.3) is 0 Å². The van der Waals surface area contributed by atoms with E-state index in [1.54, 1.807) is 6.07 Å². The average molecular weight is 319 g/mol. The Morgan fingerprint density at radius 1 is 1.48 bits per heavy atom. The second kappa shape index (κ2) is 6.23. The SMILES string of the molecule is CC(C(=O)O)N(C(=O)CCc1nc(-c2ccoc2)no1)C1CC1. The molecule has 3 rings (SSSR count). The van der Waals surface area contributed by atoms with Crippen LogP contribution in [0.5, 0.6) is 0 Å². The molecular weight excluding hydrogens is 302 g/mol. The van der Waals surface area contributed by atoms with E-state index in [1.165, 1.54) is 24.3 Å². The van der Waals surface area contributed by atoms with Crippen LogP contribution < -0.4 is 0 Å². The third-order valence-electron chi connectivity index (χ3n) is 3.80. The number of hydrogen-bond acceptors (Lipinski definition) is 6. The number of aryl methyl sites for hydroxylation is 1. The minimum Gasteiger partial charge on any atom is -0.480 e. The minimum absolute atomic E-state index is 0.0396. The van der Waals surface area contributed by atoms with Crippen LogP contribution in [0.4, 0.5) is 0 Å². The predicted molar refractivity (Wildman–Crippen MR) is 77.3 cm³/mol. The summed E-state index contributed by atoms with van der Waals surface area (Å²) in [6.45, 7) is 1.53. The normalized spacial score (nSPS) is 15.3. The van der Waals surface area contributed by atoms with Gasteiger partial charge in [0.15, 0.2) is 0 Å². The Labute approximate surface area is 132 Å². The van der Waals surface area contributed by atoms with Crippen LogP contribution in [0.2, 0.25) is 0 Å². The Balaban J connectivity index is 1.61. The lowest BCUT2D eigenvalue weighted by Gasteiger charge is -2.26. The van der Waals surface area contributed by atoms with E-state index in [4.69, 9.17) is 14.0 Å². The Morgan fingerprint density at radius 2 is 2.26 bits per heavy atom. The number of rotatable bonds is 7. The van der Waals surface area contributed by atoms with Gasteiger partial charge in [0.05, 0.1) is 11.8 Å². The van der Waals surface area contributed by atoms with Gasteiger partial charge in [0, 0.05) is 18.9 Å². The van der Waals surface area contributed by atoms with Crippen LogP contribution in [0, 0.1) is 0 Å². The molecule has 8 nitrogen and oxygen atoms in total. The summed E-state index contributed by atoms with van der Waals surface area (Å²) in [5.74, 6) is -0.455. The van der Waals surface area contributed by atoms with Crippen LogP contribution in [-0.4, -0.2) is 44.1 Å². The largest absolute Gasteiger partial charge is 0.480 e. The highest BCUT2D eigenvalue weighted by molar-refractivity contribution is 5.84. The van der Waals surface area contributed by atoms with Gasteiger partial charge in [-0.1, -0.05) is 5.16 Å². The molecule has 0 bridgehead atoms. The zero-order valence-electron chi connectivity index (χ0n) is 12.6. The van der Waals surface area contributed by atoms with Crippen molar-refractivity contribution in [2.45, 2.75) is 44.7 Å². The van der Waals surface area contributed by atoms with E-state index >= 15 is 0 Å². The fraction of sp³-hybridized carbons (Fsp3) is 0.467. The van der Waals surface area contributed by atoms with Gasteiger partial charge in [0.2, 0.25) is 17.6 Å². The molecule has 1 saturated carbocycles. The lowest BCUT2D eigenvalue weighted by atomic mass is 10.2. The number of amides is 1. The Kier molecular flexibility index (Phi) is 4.14. The summed E-state index contributed by atoms with van der Waals surface area (Å²) in [4.78, 5) is 29.1. The number of hydrogen-bond donors (Lipinski definition) is 1. The molecule has 2 heterocycles. The van der Waals surface area contributed by atoms with Crippen molar-refractivity contribution in [1.29, 1.82) is 0 Å². The summed E-state index contributed by atoms with van der Waals surface area (Å²) in [6, 6.07) is 0.931. The molecule has 0 aromatic carbocycles. The molecule has 0 radical (unpaired) electrons. The molecule has 1 fully saturated rings. The summed E-state index contributed by atoms with van der Waals surface area (Å²) in [6.07, 6.45) is 5.14. The van der Waals surface area contributed by atoms with Gasteiger partial charge in [0.1, 0.15) is 12.3 Å². The van der Waals surface area contributed by atoms with Crippen LogP contribution in [0.25, 0.3) is 11.4 Å². The van der Waals surface area contributed by atoms with Crippen molar-refractivity contribution in [3.8, 4) is 11.4 Å². The summed E-state index contributed by atoms with van der Waals surface area (Å²) in [7, 11) is 0. The number of carbonyl (C=O) groups excluding carboxylic acids is 1. The summed E-state index contributed by atoms with van der Waals surface area (Å²) >= 11 is 0. The highest BCUT2D eigenvalue weighted by atomic mass is 16.5. The van der Waals surface area contributed by atoms with Gasteiger partial charge in [-0.15, -0.1) is 0 Å². The molecule has 0 spiro atoms. The molecule has 1 aliphatic carbocycles. The van der Waals surface area contributed by atoms with Crippen molar-refractivity contribution < 1.29 is 23.6 Å². The third kappa shape index (κ3) is 3.41. The molecule has 2 aromatic rings. The average Bonchev–Trinajstić information content (AvgIpc) is 3.04. The van der Waals surface area contributed by atoms with E-state index in [0.29, 0.717) is 17.3 Å². The monoisotopic (exact) mass is 319 g/mol. The van der Waals surface area contributed by atoms with Crippen LogP contribution >= 0.6 is 0 Å². The Hall–Kier alpha value is -2.64. The number of aliphatic carboxylic acids is 1. The van der Waals surface area contributed by atoms with Crippen LogP contribution in [0.3, 0.4) is 0 Å². The van der Waals surface area contributed by atoms with Gasteiger partial charge in [-0.25, -0.2) is 4.79 Å². The van der Waals surface area contributed by atoms with Crippen molar-refractivity contribution in [3.63, 3.8) is 0 Å². The van der Waals surface area contributed by atoms with Crippen molar-refractivity contribution in [2.75, 3.05) is 0 Å². The molecule has 1 aliphatic rings. The zero-order valence-corrected chi connectivity index (χ0v) is 12.6. The maximum atomic E-state index is 12.3. The van der Waals surface area contributed by atoms with Crippen LogP contribution in [-0.2, 0) is 16.0 Å². The molecule has 1 unspecified atom stereocenters. The summed E-state index contributed by atoms with van der Waals surface area (Å²) in [5, 5.41) is 13.0. The second-order valence-corrected chi connectivity index (χ2v) is 5.57. The first-order valence-corrected chi connectivity index (χ1v) is 7.45. The van der Waals surface area contributed by atoms with E-state index in [-0.39, 0.29) is 24.8 Å². The molecule has 0 aliphatic heterocycles. The summed E-state index contributed by atoms with van der Waals surface area (Å²) in [5.41, 5.74) is 0.699. The molecule has 122 valence electrons. The van der Waals surface area contributed by atoms with E-state index < -0.39 is 12.0 Å². The molecular formula is C15H17N3O5. The molecule has 1 atom stereocenters. The van der Waals surface area contributed by atoms with Crippen molar-refractivity contribution in [2.24, 2.45) is 0 Å². The zero-order chi connectivity index (χ0) is 16.4. The highest BCUT2D eigenvalue weighted by Crippen LogP contribution is 2.29. The van der Waals surface area contributed by atoms with E-state index in [2.05, 4.69) is 10.1 Å². The first-order chi connectivity index (χ1) is 11.1. The predicted octanol–water partition coefficient (Wildman–Crippen LogP) is 1.73. The quantitative estimate of drug-likeness (QED) is 0.827. The number of carbonyl (C=O) groups is 2. The molecule has 1 amide bonds. The smallest absolute Gasteiger partial charge is 0.326 e. The fourth-order valence-corrected chi connectivity index (χ4v) is 2.42. The van der Waals surface area contributed by atoms with Crippen LogP contribution in [0.1, 0.15) is 32.1 Å². The van der Waals surface area contributed by atoms with Gasteiger partial charge < -0.3 is 18.9 Å². The number of nitrogens with zero attached hydrogens (tertiary/aromatic N) is 3. The highest BCUT2D eigenvalue weighted by Gasteiger charge is 2.38. The van der Waals surface area contributed by atoms with Gasteiger partial charge in [-0.2, -0.15) is 4.98 Å². The maximum absolute atomic E-state index is 12.3. The second-order valence-electron chi connectivity index (χ2n) is 5.57. The number of furan rings is 1. The van der Waals surface area contributed by atoms with E-state index in [9.17, 15) is 9.59 Å². The lowest BCUT2D eigenvalue weighted by Crippen LogP contribution is -2.44. The lowest BCUT2D eigenvalue weighted by molar-refractivity contribution is -0.150. The topological polar surface area (TPSA) is 110 Å². The van der Waals surface area contributed by atoms with Crippen molar-refractivity contribution in [1.82, 2.24) is 15.0 Å². The Bertz CT molecular complexity index is 690. The first kappa shape index (κ1) is 15.3. The standard InChI is InChI=1S/C15H17N3O5/c1-9(15(20)21)18(11-2-3-11)13(19)5-4-12-16-14(17-23-12)10-6-7-22-8-10/h6-9,11H,2-5H2,1H3,(H,20,21). The van der Waals surface area contributed by atoms with Crippen molar-refractivity contribution in [3.05, 3.63) is 24.5 Å².